The summed E-state index contributed by atoms with van der Waals surface area (Å²) in [5, 5.41) is 0. The number of rotatable bonds is 2. The van der Waals surface area contributed by atoms with Gasteiger partial charge in [0.1, 0.15) is 5.52 Å². The second kappa shape index (κ2) is 4.18. The zero-order valence-electron chi connectivity index (χ0n) is 9.65. The third kappa shape index (κ3) is 2.23. The molecule has 0 unspecified atom stereocenters. The van der Waals surface area contributed by atoms with E-state index in [-0.39, 0.29) is 4.90 Å². The van der Waals surface area contributed by atoms with Crippen LogP contribution in [0, 0.1) is 0 Å². The summed E-state index contributed by atoms with van der Waals surface area (Å²) in [7, 11) is -4.18. The molecular formula is C13H9NO4S. The van der Waals surface area contributed by atoms with Gasteiger partial charge < -0.3 is 4.42 Å². The standard InChI is InChI=1S/C13H9NO4S/c15-19(16,17)10-7-5-9(6-8-10)13-14-11-3-1-2-4-12(11)18-13/h1-8H,(H,15,16,17). The van der Waals surface area contributed by atoms with Crippen molar-refractivity contribution < 1.29 is 17.4 Å². The van der Waals surface area contributed by atoms with Crippen molar-refractivity contribution in [3.8, 4) is 11.5 Å². The smallest absolute Gasteiger partial charge is 0.294 e. The van der Waals surface area contributed by atoms with E-state index in [0.717, 1.165) is 5.52 Å². The summed E-state index contributed by atoms with van der Waals surface area (Å²) in [4.78, 5) is 4.14. The molecular weight excluding hydrogens is 266 g/mol. The molecule has 3 rings (SSSR count). The molecule has 1 N–H and O–H groups in total. The van der Waals surface area contributed by atoms with Gasteiger partial charge in [-0.25, -0.2) is 4.98 Å². The topological polar surface area (TPSA) is 80.4 Å². The van der Waals surface area contributed by atoms with Gasteiger partial charge in [-0.2, -0.15) is 8.42 Å². The van der Waals surface area contributed by atoms with Crippen LogP contribution in [0.2, 0.25) is 0 Å². The predicted molar refractivity (Wildman–Crippen MR) is 69.3 cm³/mol. The zero-order valence-corrected chi connectivity index (χ0v) is 10.5. The first-order valence-corrected chi connectivity index (χ1v) is 6.91. The van der Waals surface area contributed by atoms with E-state index < -0.39 is 10.1 Å². The van der Waals surface area contributed by atoms with Crippen molar-refractivity contribution in [2.24, 2.45) is 0 Å². The largest absolute Gasteiger partial charge is 0.436 e. The van der Waals surface area contributed by atoms with Crippen LogP contribution < -0.4 is 0 Å². The number of nitrogens with zero attached hydrogens (tertiary/aromatic N) is 1. The molecule has 0 spiro atoms. The predicted octanol–water partition coefficient (Wildman–Crippen LogP) is 2.74. The van der Waals surface area contributed by atoms with Crippen LogP contribution in [-0.4, -0.2) is 18.0 Å². The van der Waals surface area contributed by atoms with E-state index in [9.17, 15) is 8.42 Å². The van der Waals surface area contributed by atoms with Gasteiger partial charge in [0.05, 0.1) is 4.90 Å². The molecule has 6 heteroatoms. The van der Waals surface area contributed by atoms with Crippen LogP contribution in [0.25, 0.3) is 22.6 Å². The highest BCUT2D eigenvalue weighted by Gasteiger charge is 2.11. The van der Waals surface area contributed by atoms with Crippen molar-refractivity contribution in [1.29, 1.82) is 0 Å². The molecule has 0 aliphatic heterocycles. The second-order valence-electron chi connectivity index (χ2n) is 3.99. The Morgan fingerprint density at radius 3 is 2.32 bits per heavy atom. The Morgan fingerprint density at radius 1 is 1.00 bits per heavy atom. The number of oxazole rings is 1. The Morgan fingerprint density at radius 2 is 1.68 bits per heavy atom. The van der Waals surface area contributed by atoms with E-state index in [2.05, 4.69) is 4.98 Å². The van der Waals surface area contributed by atoms with Gasteiger partial charge in [-0.05, 0) is 36.4 Å². The minimum absolute atomic E-state index is 0.160. The SMILES string of the molecule is O=S(=O)(O)c1ccc(-c2nc3ccccc3o2)cc1. The van der Waals surface area contributed by atoms with Crippen molar-refractivity contribution in [3.63, 3.8) is 0 Å². The monoisotopic (exact) mass is 275 g/mol. The number of aromatic nitrogens is 1. The van der Waals surface area contributed by atoms with Crippen molar-refractivity contribution in [1.82, 2.24) is 4.98 Å². The fourth-order valence-corrected chi connectivity index (χ4v) is 2.25. The lowest BCUT2D eigenvalue weighted by Crippen LogP contribution is -1.97. The lowest BCUT2D eigenvalue weighted by molar-refractivity contribution is 0.483. The van der Waals surface area contributed by atoms with Gasteiger partial charge in [0, 0.05) is 5.56 Å². The Labute approximate surface area is 109 Å². The van der Waals surface area contributed by atoms with Crippen molar-refractivity contribution >= 4 is 21.2 Å². The molecule has 0 atom stereocenters. The molecule has 3 aromatic rings. The fraction of sp³-hybridized carbons (Fsp3) is 0. The Balaban J connectivity index is 2.07. The second-order valence-corrected chi connectivity index (χ2v) is 5.41. The molecule has 96 valence electrons. The van der Waals surface area contributed by atoms with Gasteiger partial charge in [-0.15, -0.1) is 0 Å². The molecule has 0 aliphatic rings. The van der Waals surface area contributed by atoms with E-state index in [1.54, 1.807) is 6.07 Å². The normalized spacial score (nSPS) is 11.8. The number of hydrogen-bond donors (Lipinski definition) is 1. The zero-order chi connectivity index (χ0) is 13.5. The molecule has 0 saturated carbocycles. The highest BCUT2D eigenvalue weighted by Crippen LogP contribution is 2.24. The summed E-state index contributed by atoms with van der Waals surface area (Å²) in [6.45, 7) is 0. The van der Waals surface area contributed by atoms with Gasteiger partial charge in [-0.3, -0.25) is 4.55 Å². The summed E-state index contributed by atoms with van der Waals surface area (Å²) in [6.07, 6.45) is 0. The maximum Gasteiger partial charge on any atom is 0.294 e. The first kappa shape index (κ1) is 11.9. The number of hydrogen-bond acceptors (Lipinski definition) is 4. The Hall–Kier alpha value is -2.18. The third-order valence-corrected chi connectivity index (χ3v) is 3.56. The molecule has 0 saturated heterocycles. The van der Waals surface area contributed by atoms with Gasteiger partial charge in [0.2, 0.25) is 5.89 Å². The van der Waals surface area contributed by atoms with Gasteiger partial charge in [0.25, 0.3) is 10.1 Å². The molecule has 0 aliphatic carbocycles. The van der Waals surface area contributed by atoms with Crippen LogP contribution in [0.5, 0.6) is 0 Å². The minimum Gasteiger partial charge on any atom is -0.436 e. The molecule has 2 aromatic carbocycles. The van der Waals surface area contributed by atoms with E-state index in [1.807, 2.05) is 18.2 Å². The summed E-state index contributed by atoms with van der Waals surface area (Å²) < 4.78 is 36.3. The van der Waals surface area contributed by atoms with Crippen molar-refractivity contribution in [2.75, 3.05) is 0 Å². The van der Waals surface area contributed by atoms with Gasteiger partial charge in [-0.1, -0.05) is 12.1 Å². The van der Waals surface area contributed by atoms with Crippen LogP contribution in [0.3, 0.4) is 0 Å². The first-order chi connectivity index (χ1) is 9.04. The fourth-order valence-electron chi connectivity index (χ4n) is 1.77. The summed E-state index contributed by atoms with van der Waals surface area (Å²) in [5.74, 6) is 0.406. The first-order valence-electron chi connectivity index (χ1n) is 5.47. The molecule has 0 radical (unpaired) electrons. The lowest BCUT2D eigenvalue weighted by Gasteiger charge is -1.98. The number of para-hydroxylation sites is 2. The number of benzene rings is 2. The van der Waals surface area contributed by atoms with Crippen LogP contribution in [0.1, 0.15) is 0 Å². The molecule has 5 nitrogen and oxygen atoms in total. The highest BCUT2D eigenvalue weighted by molar-refractivity contribution is 7.85. The van der Waals surface area contributed by atoms with Crippen molar-refractivity contribution in [3.05, 3.63) is 48.5 Å². The lowest BCUT2D eigenvalue weighted by atomic mass is 10.2. The van der Waals surface area contributed by atoms with Gasteiger partial charge >= 0.3 is 0 Å². The Bertz CT molecular complexity index is 801. The van der Waals surface area contributed by atoms with Crippen LogP contribution in [0.4, 0.5) is 0 Å². The van der Waals surface area contributed by atoms with Crippen LogP contribution in [-0.2, 0) is 10.1 Å². The summed E-state index contributed by atoms with van der Waals surface area (Å²) in [5.41, 5.74) is 2.04. The maximum atomic E-state index is 10.9. The van der Waals surface area contributed by atoms with Crippen molar-refractivity contribution in [2.45, 2.75) is 4.90 Å². The summed E-state index contributed by atoms with van der Waals surface area (Å²) >= 11 is 0. The highest BCUT2D eigenvalue weighted by atomic mass is 32.2. The molecule has 0 fully saturated rings. The van der Waals surface area contributed by atoms with E-state index in [1.165, 1.54) is 24.3 Å². The molecule has 19 heavy (non-hydrogen) atoms. The molecule has 1 aromatic heterocycles. The summed E-state index contributed by atoms with van der Waals surface area (Å²) in [6, 6.07) is 13.0. The van der Waals surface area contributed by atoms with Crippen LogP contribution >= 0.6 is 0 Å². The average molecular weight is 275 g/mol. The van der Waals surface area contributed by atoms with E-state index in [0.29, 0.717) is 17.0 Å². The Kier molecular flexibility index (Phi) is 2.62. The molecule has 0 amide bonds. The van der Waals surface area contributed by atoms with E-state index >= 15 is 0 Å². The third-order valence-electron chi connectivity index (χ3n) is 2.69. The quantitative estimate of drug-likeness (QED) is 0.727. The average Bonchev–Trinajstić information content (AvgIpc) is 2.81. The van der Waals surface area contributed by atoms with Gasteiger partial charge in [0.15, 0.2) is 5.58 Å². The maximum absolute atomic E-state index is 10.9. The van der Waals surface area contributed by atoms with E-state index in [4.69, 9.17) is 8.97 Å². The van der Waals surface area contributed by atoms with Crippen LogP contribution in [0.15, 0.2) is 57.8 Å². The number of fused-ring (bicyclic) bond motifs is 1. The molecule has 0 bridgehead atoms. The molecule has 1 heterocycles. The minimum atomic E-state index is -4.18.